The number of sulfonamides is 1. The van der Waals surface area contributed by atoms with Gasteiger partial charge in [0.2, 0.25) is 15.2 Å². The summed E-state index contributed by atoms with van der Waals surface area (Å²) in [4.78, 5) is 4.60. The van der Waals surface area contributed by atoms with Gasteiger partial charge in [-0.25, -0.2) is 13.4 Å². The topological polar surface area (TPSA) is 80.5 Å². The van der Waals surface area contributed by atoms with Crippen molar-refractivity contribution in [3.05, 3.63) is 78.6 Å². The summed E-state index contributed by atoms with van der Waals surface area (Å²) in [6, 6.07) is 19.4. The van der Waals surface area contributed by atoms with Crippen LogP contribution in [0.15, 0.2) is 88.1 Å². The highest BCUT2D eigenvalue weighted by molar-refractivity contribution is 7.99. The van der Waals surface area contributed by atoms with E-state index in [1.807, 2.05) is 34.9 Å². The van der Waals surface area contributed by atoms with E-state index in [0.717, 1.165) is 24.9 Å². The molecule has 0 amide bonds. The fourth-order valence-corrected chi connectivity index (χ4v) is 6.19. The first-order chi connectivity index (χ1) is 15.6. The second kappa shape index (κ2) is 9.01. The highest BCUT2D eigenvalue weighted by Gasteiger charge is 2.29. The largest absolute Gasteiger partial charge is 0.277 e. The molecule has 1 aliphatic rings. The van der Waals surface area contributed by atoms with Crippen molar-refractivity contribution in [1.82, 2.24) is 23.9 Å². The lowest BCUT2D eigenvalue weighted by Crippen LogP contribution is -2.38. The van der Waals surface area contributed by atoms with Crippen LogP contribution in [-0.2, 0) is 16.4 Å². The van der Waals surface area contributed by atoms with E-state index in [4.69, 9.17) is 0 Å². The number of rotatable bonds is 6. The van der Waals surface area contributed by atoms with Gasteiger partial charge in [-0.2, -0.15) is 4.31 Å². The number of hydrogen-bond acceptors (Lipinski definition) is 6. The van der Waals surface area contributed by atoms with Crippen LogP contribution in [0.3, 0.4) is 0 Å². The van der Waals surface area contributed by atoms with Crippen molar-refractivity contribution < 1.29 is 8.42 Å². The molecule has 0 spiro atoms. The molecule has 4 aromatic rings. The molecule has 0 saturated carbocycles. The number of pyridine rings is 2. The van der Waals surface area contributed by atoms with E-state index in [9.17, 15) is 8.42 Å². The molecule has 0 aliphatic carbocycles. The predicted octanol–water partition coefficient (Wildman–Crippen LogP) is 3.92. The van der Waals surface area contributed by atoms with E-state index < -0.39 is 10.0 Å². The summed E-state index contributed by atoms with van der Waals surface area (Å²) < 4.78 is 29.7. The Morgan fingerprint density at radius 1 is 0.938 bits per heavy atom. The summed E-state index contributed by atoms with van der Waals surface area (Å²) in [5.74, 6) is 0.513. The van der Waals surface area contributed by atoms with Gasteiger partial charge in [-0.05, 0) is 66.8 Å². The van der Waals surface area contributed by atoms with Crippen molar-refractivity contribution in [2.75, 3.05) is 13.1 Å². The first-order valence-corrected chi connectivity index (χ1v) is 12.8. The van der Waals surface area contributed by atoms with Crippen molar-refractivity contribution >= 4 is 27.4 Å². The van der Waals surface area contributed by atoms with Gasteiger partial charge in [0.05, 0.1) is 0 Å². The second-order valence-electron chi connectivity index (χ2n) is 7.88. The Labute approximate surface area is 191 Å². The summed E-state index contributed by atoms with van der Waals surface area (Å²) in [5, 5.41) is 9.66. The van der Waals surface area contributed by atoms with Crippen molar-refractivity contribution in [1.29, 1.82) is 0 Å². The van der Waals surface area contributed by atoms with Crippen molar-refractivity contribution in [2.45, 2.75) is 34.3 Å². The number of benzene rings is 1. The molecule has 0 unspecified atom stereocenters. The van der Waals surface area contributed by atoms with E-state index in [-0.39, 0.29) is 4.90 Å². The van der Waals surface area contributed by atoms with Crippen LogP contribution < -0.4 is 0 Å². The van der Waals surface area contributed by atoms with E-state index in [2.05, 4.69) is 39.4 Å². The minimum absolute atomic E-state index is 0.231. The first-order valence-electron chi connectivity index (χ1n) is 10.6. The minimum atomic E-state index is -3.54. The zero-order valence-corrected chi connectivity index (χ0v) is 19.0. The minimum Gasteiger partial charge on any atom is -0.277 e. The van der Waals surface area contributed by atoms with Crippen LogP contribution in [0.5, 0.6) is 0 Å². The number of fused-ring (bicyclic) bond motifs is 1. The molecule has 1 saturated heterocycles. The van der Waals surface area contributed by atoms with Crippen molar-refractivity contribution in [3.63, 3.8) is 0 Å². The molecule has 32 heavy (non-hydrogen) atoms. The lowest BCUT2D eigenvalue weighted by atomic mass is 9.91. The Morgan fingerprint density at radius 3 is 2.47 bits per heavy atom. The molecule has 0 N–H and O–H groups in total. The second-order valence-corrected chi connectivity index (χ2v) is 10.8. The molecular weight excluding hydrogens is 442 g/mol. The third-order valence-electron chi connectivity index (χ3n) is 5.77. The van der Waals surface area contributed by atoms with Gasteiger partial charge < -0.3 is 0 Å². The van der Waals surface area contributed by atoms with Gasteiger partial charge >= 0.3 is 0 Å². The van der Waals surface area contributed by atoms with Gasteiger partial charge in [0.15, 0.2) is 5.65 Å². The maximum Gasteiger partial charge on any atom is 0.244 e. The highest BCUT2D eigenvalue weighted by atomic mass is 32.2. The molecule has 3 aromatic heterocycles. The fraction of sp³-hybridized carbons (Fsp3) is 0.261. The maximum atomic E-state index is 13.1. The summed E-state index contributed by atoms with van der Waals surface area (Å²) in [6.45, 7) is 1.09. The number of nitrogens with zero attached hydrogens (tertiary/aromatic N) is 5. The highest BCUT2D eigenvalue weighted by Crippen LogP contribution is 2.28. The molecule has 9 heteroatoms. The molecule has 164 valence electrons. The Balaban J connectivity index is 1.23. The zero-order chi connectivity index (χ0) is 22.0. The van der Waals surface area contributed by atoms with Gasteiger partial charge in [-0.1, -0.05) is 36.4 Å². The summed E-state index contributed by atoms with van der Waals surface area (Å²) in [7, 11) is -3.54. The average Bonchev–Trinajstić information content (AvgIpc) is 3.23. The van der Waals surface area contributed by atoms with Crippen LogP contribution in [0.4, 0.5) is 0 Å². The Kier molecular flexibility index (Phi) is 5.95. The Bertz CT molecular complexity index is 1300. The first kappa shape index (κ1) is 21.1. The van der Waals surface area contributed by atoms with E-state index in [0.29, 0.717) is 29.2 Å². The summed E-state index contributed by atoms with van der Waals surface area (Å²) in [5.41, 5.74) is 2.07. The molecule has 0 atom stereocenters. The molecule has 1 fully saturated rings. The van der Waals surface area contributed by atoms with Crippen LogP contribution in [0.1, 0.15) is 18.4 Å². The number of piperidine rings is 1. The molecule has 0 bridgehead atoms. The standard InChI is InChI=1S/C23H23N5O2S2/c29-32(30,27-14-11-19(12-15-27)16-18-6-2-1-3-7-18)20-9-10-22(24-17-20)31-23-26-25-21-8-4-5-13-28(21)23/h1-10,13,17,19H,11-12,14-16H2. The Hall–Kier alpha value is -2.75. The van der Waals surface area contributed by atoms with Crippen LogP contribution in [0.25, 0.3) is 5.65 Å². The van der Waals surface area contributed by atoms with Gasteiger partial charge in [0.1, 0.15) is 9.92 Å². The van der Waals surface area contributed by atoms with Gasteiger partial charge in [0, 0.05) is 25.5 Å². The quantitative estimate of drug-likeness (QED) is 0.429. The summed E-state index contributed by atoms with van der Waals surface area (Å²) in [6.07, 6.45) is 6.07. The monoisotopic (exact) mass is 465 g/mol. The molecule has 1 aliphatic heterocycles. The summed E-state index contributed by atoms with van der Waals surface area (Å²) >= 11 is 1.35. The van der Waals surface area contributed by atoms with E-state index >= 15 is 0 Å². The van der Waals surface area contributed by atoms with Gasteiger partial charge in [-0.3, -0.25) is 4.40 Å². The van der Waals surface area contributed by atoms with Crippen molar-refractivity contribution in [2.24, 2.45) is 5.92 Å². The smallest absolute Gasteiger partial charge is 0.244 e. The lowest BCUT2D eigenvalue weighted by molar-refractivity contribution is 0.273. The normalized spacial score (nSPS) is 15.9. The third kappa shape index (κ3) is 4.41. The number of hydrogen-bond donors (Lipinski definition) is 0. The van der Waals surface area contributed by atoms with Crippen LogP contribution in [-0.4, -0.2) is 45.4 Å². The number of aromatic nitrogens is 4. The van der Waals surface area contributed by atoms with E-state index in [1.54, 1.807) is 16.4 Å². The maximum absolute atomic E-state index is 13.1. The van der Waals surface area contributed by atoms with Crippen LogP contribution in [0, 0.1) is 5.92 Å². The Morgan fingerprint density at radius 2 is 1.72 bits per heavy atom. The lowest BCUT2D eigenvalue weighted by Gasteiger charge is -2.31. The predicted molar refractivity (Wildman–Crippen MR) is 123 cm³/mol. The van der Waals surface area contributed by atoms with Crippen LogP contribution in [0.2, 0.25) is 0 Å². The molecule has 1 aromatic carbocycles. The average molecular weight is 466 g/mol. The SMILES string of the molecule is O=S(=O)(c1ccc(Sc2nnc3ccccn23)nc1)N1CCC(Cc2ccccc2)CC1. The van der Waals surface area contributed by atoms with E-state index in [1.165, 1.54) is 23.5 Å². The third-order valence-corrected chi connectivity index (χ3v) is 8.56. The zero-order valence-electron chi connectivity index (χ0n) is 17.4. The molecule has 7 nitrogen and oxygen atoms in total. The fourth-order valence-electron chi connectivity index (χ4n) is 4.01. The van der Waals surface area contributed by atoms with Crippen molar-refractivity contribution in [3.8, 4) is 0 Å². The molecule has 0 radical (unpaired) electrons. The van der Waals surface area contributed by atoms with Gasteiger partial charge in [0.25, 0.3) is 0 Å². The molecule has 4 heterocycles. The van der Waals surface area contributed by atoms with Crippen LogP contribution >= 0.6 is 11.8 Å². The van der Waals surface area contributed by atoms with Gasteiger partial charge in [-0.15, -0.1) is 10.2 Å². The molecular formula is C23H23N5O2S2. The molecule has 5 rings (SSSR count).